The third-order valence-corrected chi connectivity index (χ3v) is 3.70. The molecule has 0 aliphatic heterocycles. The molecule has 1 aromatic carbocycles. The van der Waals surface area contributed by atoms with Crippen LogP contribution < -0.4 is 5.32 Å². The van der Waals surface area contributed by atoms with Crippen LogP contribution in [0.5, 0.6) is 0 Å². The summed E-state index contributed by atoms with van der Waals surface area (Å²) < 4.78 is 0. The summed E-state index contributed by atoms with van der Waals surface area (Å²) in [7, 11) is 3.71. The van der Waals surface area contributed by atoms with Gasteiger partial charge in [0.25, 0.3) is 0 Å². The summed E-state index contributed by atoms with van der Waals surface area (Å²) >= 11 is 11.8. The molecule has 0 aliphatic rings. The fraction of sp³-hybridized carbons (Fsp3) is 0.500. The SMILES string of the molecule is CNCCN(C)C(=O)CCCc1ccc(Cl)c(Cl)c1.Cl. The summed E-state index contributed by atoms with van der Waals surface area (Å²) in [6.07, 6.45) is 2.21. The first-order valence-corrected chi connectivity index (χ1v) is 7.12. The van der Waals surface area contributed by atoms with Gasteiger partial charge in [0.05, 0.1) is 10.0 Å². The number of likely N-dealkylation sites (N-methyl/N-ethyl adjacent to an activating group) is 2. The Morgan fingerprint density at radius 1 is 1.30 bits per heavy atom. The number of hydrogen-bond acceptors (Lipinski definition) is 2. The predicted octanol–water partition coefficient (Wildman–Crippen LogP) is 3.42. The molecule has 0 fully saturated rings. The minimum absolute atomic E-state index is 0. The molecule has 0 heterocycles. The van der Waals surface area contributed by atoms with Crippen molar-refractivity contribution >= 4 is 41.5 Å². The van der Waals surface area contributed by atoms with E-state index in [9.17, 15) is 4.79 Å². The summed E-state index contributed by atoms with van der Waals surface area (Å²) in [6, 6.07) is 5.60. The molecular weight excluding hydrogens is 319 g/mol. The van der Waals surface area contributed by atoms with Gasteiger partial charge < -0.3 is 10.2 Å². The maximum Gasteiger partial charge on any atom is 0.222 e. The number of nitrogens with one attached hydrogen (secondary N) is 1. The average Bonchev–Trinajstić information content (AvgIpc) is 2.39. The second-order valence-corrected chi connectivity index (χ2v) is 5.34. The monoisotopic (exact) mass is 338 g/mol. The van der Waals surface area contributed by atoms with Gasteiger partial charge in [-0.25, -0.2) is 0 Å². The smallest absolute Gasteiger partial charge is 0.222 e. The highest BCUT2D eigenvalue weighted by atomic mass is 35.5. The second-order valence-electron chi connectivity index (χ2n) is 4.52. The molecule has 0 atom stereocenters. The van der Waals surface area contributed by atoms with Crippen LogP contribution in [0.25, 0.3) is 0 Å². The highest BCUT2D eigenvalue weighted by Crippen LogP contribution is 2.23. The molecular formula is C14H21Cl3N2O. The van der Waals surface area contributed by atoms with Crippen molar-refractivity contribution in [1.29, 1.82) is 0 Å². The lowest BCUT2D eigenvalue weighted by Gasteiger charge is -2.16. The Morgan fingerprint density at radius 2 is 2.00 bits per heavy atom. The third kappa shape index (κ3) is 6.80. The Labute approximate surface area is 137 Å². The van der Waals surface area contributed by atoms with Crippen molar-refractivity contribution in [3.63, 3.8) is 0 Å². The largest absolute Gasteiger partial charge is 0.344 e. The van der Waals surface area contributed by atoms with E-state index in [1.165, 1.54) is 0 Å². The first-order valence-electron chi connectivity index (χ1n) is 6.37. The number of benzene rings is 1. The minimum atomic E-state index is 0. The molecule has 0 radical (unpaired) electrons. The molecule has 114 valence electrons. The van der Waals surface area contributed by atoms with Crippen molar-refractivity contribution in [1.82, 2.24) is 10.2 Å². The van der Waals surface area contributed by atoms with Gasteiger partial charge in [-0.05, 0) is 37.6 Å². The summed E-state index contributed by atoms with van der Waals surface area (Å²) in [5.74, 6) is 0.176. The van der Waals surface area contributed by atoms with Crippen LogP contribution in [-0.2, 0) is 11.2 Å². The van der Waals surface area contributed by atoms with Crippen LogP contribution in [0.4, 0.5) is 0 Å². The zero-order chi connectivity index (χ0) is 14.3. The Kier molecular flexibility index (Phi) is 10.0. The van der Waals surface area contributed by atoms with Crippen LogP contribution in [-0.4, -0.2) is 38.0 Å². The van der Waals surface area contributed by atoms with Crippen molar-refractivity contribution in [2.45, 2.75) is 19.3 Å². The van der Waals surface area contributed by atoms with Gasteiger partial charge in [0.1, 0.15) is 0 Å². The van der Waals surface area contributed by atoms with E-state index in [0.717, 1.165) is 31.5 Å². The van der Waals surface area contributed by atoms with Crippen molar-refractivity contribution in [3.05, 3.63) is 33.8 Å². The zero-order valence-electron chi connectivity index (χ0n) is 11.8. The topological polar surface area (TPSA) is 32.3 Å². The Bertz CT molecular complexity index is 427. The van der Waals surface area contributed by atoms with E-state index in [0.29, 0.717) is 16.5 Å². The normalized spacial score (nSPS) is 10.0. The second kappa shape index (κ2) is 10.3. The Hall–Kier alpha value is -0.480. The molecule has 0 saturated carbocycles. The van der Waals surface area contributed by atoms with Crippen LogP contribution in [0.1, 0.15) is 18.4 Å². The Morgan fingerprint density at radius 3 is 2.60 bits per heavy atom. The average molecular weight is 340 g/mol. The number of carbonyl (C=O) groups is 1. The summed E-state index contributed by atoms with van der Waals surface area (Å²) in [5, 5.41) is 4.16. The molecule has 1 N–H and O–H groups in total. The predicted molar refractivity (Wildman–Crippen MR) is 88.2 cm³/mol. The van der Waals surface area contributed by atoms with E-state index < -0.39 is 0 Å². The van der Waals surface area contributed by atoms with Gasteiger partial charge in [-0.2, -0.15) is 0 Å². The van der Waals surface area contributed by atoms with Crippen LogP contribution in [0, 0.1) is 0 Å². The minimum Gasteiger partial charge on any atom is -0.344 e. The van der Waals surface area contributed by atoms with Gasteiger partial charge >= 0.3 is 0 Å². The lowest BCUT2D eigenvalue weighted by molar-refractivity contribution is -0.129. The van der Waals surface area contributed by atoms with Gasteiger partial charge in [-0.15, -0.1) is 12.4 Å². The first kappa shape index (κ1) is 19.5. The standard InChI is InChI=1S/C14H20Cl2N2O.ClH/c1-17-8-9-18(2)14(19)5-3-4-11-6-7-12(15)13(16)10-11;/h6-7,10,17H,3-5,8-9H2,1-2H3;1H. The molecule has 0 bridgehead atoms. The molecule has 0 saturated heterocycles. The zero-order valence-corrected chi connectivity index (χ0v) is 14.1. The summed E-state index contributed by atoms with van der Waals surface area (Å²) in [4.78, 5) is 13.6. The van der Waals surface area contributed by atoms with Crippen LogP contribution in [0.15, 0.2) is 18.2 Å². The maximum atomic E-state index is 11.8. The molecule has 0 spiro atoms. The third-order valence-electron chi connectivity index (χ3n) is 2.96. The summed E-state index contributed by atoms with van der Waals surface area (Å²) in [5.41, 5.74) is 1.11. The van der Waals surface area contributed by atoms with E-state index in [1.54, 1.807) is 11.0 Å². The lowest BCUT2D eigenvalue weighted by Crippen LogP contribution is -2.32. The van der Waals surface area contributed by atoms with Crippen LogP contribution in [0.2, 0.25) is 10.0 Å². The molecule has 1 amide bonds. The molecule has 0 unspecified atom stereocenters. The van der Waals surface area contributed by atoms with E-state index in [1.807, 2.05) is 26.2 Å². The number of halogens is 3. The van der Waals surface area contributed by atoms with E-state index in [4.69, 9.17) is 23.2 Å². The fourth-order valence-corrected chi connectivity index (χ4v) is 2.05. The molecule has 3 nitrogen and oxygen atoms in total. The molecule has 0 aromatic heterocycles. The van der Waals surface area contributed by atoms with Crippen molar-refractivity contribution in [2.24, 2.45) is 0 Å². The Balaban J connectivity index is 0.00000361. The van der Waals surface area contributed by atoms with E-state index in [2.05, 4.69) is 5.32 Å². The molecule has 20 heavy (non-hydrogen) atoms. The van der Waals surface area contributed by atoms with Crippen molar-refractivity contribution < 1.29 is 4.79 Å². The number of carbonyl (C=O) groups excluding carboxylic acids is 1. The summed E-state index contributed by atoms with van der Waals surface area (Å²) in [6.45, 7) is 1.55. The number of rotatable bonds is 7. The quantitative estimate of drug-likeness (QED) is 0.825. The number of aryl methyl sites for hydroxylation is 1. The number of hydrogen-bond donors (Lipinski definition) is 1. The van der Waals surface area contributed by atoms with Gasteiger partial charge in [-0.1, -0.05) is 29.3 Å². The van der Waals surface area contributed by atoms with Gasteiger partial charge in [0, 0.05) is 26.6 Å². The van der Waals surface area contributed by atoms with Crippen molar-refractivity contribution in [2.75, 3.05) is 27.2 Å². The number of amides is 1. The molecule has 1 rings (SSSR count). The highest BCUT2D eigenvalue weighted by Gasteiger charge is 2.08. The van der Waals surface area contributed by atoms with E-state index in [-0.39, 0.29) is 18.3 Å². The van der Waals surface area contributed by atoms with Gasteiger partial charge in [-0.3, -0.25) is 4.79 Å². The first-order chi connectivity index (χ1) is 9.04. The molecule has 6 heteroatoms. The maximum absolute atomic E-state index is 11.8. The van der Waals surface area contributed by atoms with Gasteiger partial charge in [0.15, 0.2) is 0 Å². The van der Waals surface area contributed by atoms with Crippen LogP contribution in [0.3, 0.4) is 0 Å². The molecule has 0 aliphatic carbocycles. The molecule has 1 aromatic rings. The van der Waals surface area contributed by atoms with Gasteiger partial charge in [0.2, 0.25) is 5.91 Å². The lowest BCUT2D eigenvalue weighted by atomic mass is 10.1. The number of nitrogens with zero attached hydrogens (tertiary/aromatic N) is 1. The fourth-order valence-electron chi connectivity index (χ4n) is 1.73. The van der Waals surface area contributed by atoms with Crippen molar-refractivity contribution in [3.8, 4) is 0 Å². The van der Waals surface area contributed by atoms with E-state index >= 15 is 0 Å². The van der Waals surface area contributed by atoms with Crippen LogP contribution >= 0.6 is 35.6 Å². The highest BCUT2D eigenvalue weighted by molar-refractivity contribution is 6.42.